The van der Waals surface area contributed by atoms with Crippen LogP contribution >= 0.6 is 0 Å². The Bertz CT molecular complexity index is 570. The summed E-state index contributed by atoms with van der Waals surface area (Å²) in [6, 6.07) is 8.64. The first-order valence-corrected chi connectivity index (χ1v) is 8.21. The van der Waals surface area contributed by atoms with Gasteiger partial charge in [0.15, 0.2) is 0 Å². The summed E-state index contributed by atoms with van der Waals surface area (Å²) in [4.78, 5) is 14.9. The Balaban J connectivity index is 1.56. The number of carbonyl (C=O) groups is 1. The number of amides is 1. The smallest absolute Gasteiger partial charge is 0.226 e. The Morgan fingerprint density at radius 2 is 2.14 bits per heavy atom. The number of nitrogens with zero attached hydrogens (tertiary/aromatic N) is 1. The van der Waals surface area contributed by atoms with Gasteiger partial charge < -0.3 is 10.0 Å². The second-order valence-corrected chi connectivity index (χ2v) is 7.00. The molecule has 112 valence electrons. The SMILES string of the molecule is CC1CCN(C(=O)C2C3CCc4ccccc4C32)C1CO. The number of aliphatic hydroxyl groups is 1. The minimum absolute atomic E-state index is 0.0374. The van der Waals surface area contributed by atoms with Crippen LogP contribution in [0, 0.1) is 17.8 Å². The lowest BCUT2D eigenvalue weighted by atomic mass is 9.92. The number of hydrogen-bond acceptors (Lipinski definition) is 2. The Morgan fingerprint density at radius 3 is 2.95 bits per heavy atom. The van der Waals surface area contributed by atoms with E-state index in [0.29, 0.717) is 23.7 Å². The van der Waals surface area contributed by atoms with Crippen molar-refractivity contribution >= 4 is 5.91 Å². The first-order chi connectivity index (χ1) is 10.2. The Hall–Kier alpha value is -1.35. The molecule has 1 aromatic rings. The predicted octanol–water partition coefficient (Wildman–Crippen LogP) is 2.19. The fraction of sp³-hybridized carbons (Fsp3) is 0.611. The second-order valence-electron chi connectivity index (χ2n) is 7.00. The second kappa shape index (κ2) is 4.84. The van der Waals surface area contributed by atoms with Crippen LogP contribution in [0.1, 0.15) is 36.8 Å². The quantitative estimate of drug-likeness (QED) is 0.905. The fourth-order valence-corrected chi connectivity index (χ4v) is 4.65. The zero-order chi connectivity index (χ0) is 14.6. The van der Waals surface area contributed by atoms with Gasteiger partial charge in [0.1, 0.15) is 0 Å². The van der Waals surface area contributed by atoms with Crippen molar-refractivity contribution in [3.63, 3.8) is 0 Å². The summed E-state index contributed by atoms with van der Waals surface area (Å²) in [6.45, 7) is 3.07. The van der Waals surface area contributed by atoms with E-state index in [1.807, 2.05) is 4.90 Å². The number of rotatable bonds is 2. The first-order valence-electron chi connectivity index (χ1n) is 8.21. The van der Waals surface area contributed by atoms with E-state index in [1.165, 1.54) is 11.1 Å². The molecular weight excluding hydrogens is 262 g/mol. The van der Waals surface area contributed by atoms with Crippen LogP contribution in [0.25, 0.3) is 0 Å². The maximum atomic E-state index is 12.9. The van der Waals surface area contributed by atoms with Crippen molar-refractivity contribution in [3.05, 3.63) is 35.4 Å². The van der Waals surface area contributed by atoms with E-state index in [4.69, 9.17) is 0 Å². The molecule has 3 heteroatoms. The molecule has 1 amide bonds. The normalized spacial score (nSPS) is 37.0. The number of benzene rings is 1. The van der Waals surface area contributed by atoms with Gasteiger partial charge in [0, 0.05) is 12.5 Å². The number of likely N-dealkylation sites (tertiary alicyclic amines) is 1. The van der Waals surface area contributed by atoms with Gasteiger partial charge in [-0.15, -0.1) is 0 Å². The summed E-state index contributed by atoms with van der Waals surface area (Å²) in [7, 11) is 0. The largest absolute Gasteiger partial charge is 0.394 e. The van der Waals surface area contributed by atoms with Crippen LogP contribution in [-0.2, 0) is 11.2 Å². The van der Waals surface area contributed by atoms with Crippen LogP contribution in [0.3, 0.4) is 0 Å². The topological polar surface area (TPSA) is 40.5 Å². The molecule has 2 fully saturated rings. The number of fused-ring (bicyclic) bond motifs is 3. The van der Waals surface area contributed by atoms with Crippen LogP contribution in [0.4, 0.5) is 0 Å². The van der Waals surface area contributed by atoms with E-state index in [-0.39, 0.29) is 18.6 Å². The Morgan fingerprint density at radius 1 is 1.33 bits per heavy atom. The molecule has 0 bridgehead atoms. The zero-order valence-electron chi connectivity index (χ0n) is 12.5. The van der Waals surface area contributed by atoms with E-state index in [0.717, 1.165) is 25.8 Å². The number of carbonyl (C=O) groups excluding carboxylic acids is 1. The molecule has 1 aromatic carbocycles. The molecule has 4 rings (SSSR count). The molecule has 1 N–H and O–H groups in total. The van der Waals surface area contributed by atoms with Gasteiger partial charge in [-0.05, 0) is 48.1 Å². The molecule has 21 heavy (non-hydrogen) atoms. The molecular formula is C18H23NO2. The highest BCUT2D eigenvalue weighted by molar-refractivity contribution is 5.84. The molecule has 5 unspecified atom stereocenters. The zero-order valence-corrected chi connectivity index (χ0v) is 12.5. The summed E-state index contributed by atoms with van der Waals surface area (Å²) in [5, 5.41) is 9.58. The number of hydrogen-bond donors (Lipinski definition) is 1. The minimum atomic E-state index is 0.0374. The molecule has 1 aliphatic heterocycles. The highest BCUT2D eigenvalue weighted by Crippen LogP contribution is 2.60. The molecule has 5 atom stereocenters. The van der Waals surface area contributed by atoms with Crippen molar-refractivity contribution in [2.45, 2.75) is 38.1 Å². The summed E-state index contributed by atoms with van der Waals surface area (Å²) >= 11 is 0. The monoisotopic (exact) mass is 285 g/mol. The van der Waals surface area contributed by atoms with Gasteiger partial charge in [0.25, 0.3) is 0 Å². The van der Waals surface area contributed by atoms with Crippen molar-refractivity contribution < 1.29 is 9.90 Å². The van der Waals surface area contributed by atoms with Gasteiger partial charge >= 0.3 is 0 Å². The van der Waals surface area contributed by atoms with Gasteiger partial charge in [-0.3, -0.25) is 4.79 Å². The average molecular weight is 285 g/mol. The molecule has 1 saturated carbocycles. The van der Waals surface area contributed by atoms with Crippen LogP contribution in [-0.4, -0.2) is 35.1 Å². The highest BCUT2D eigenvalue weighted by atomic mass is 16.3. The van der Waals surface area contributed by atoms with Gasteiger partial charge in [-0.2, -0.15) is 0 Å². The third kappa shape index (κ3) is 1.94. The van der Waals surface area contributed by atoms with Gasteiger partial charge in [-0.25, -0.2) is 0 Å². The van der Waals surface area contributed by atoms with E-state index in [1.54, 1.807) is 0 Å². The molecule has 1 heterocycles. The summed E-state index contributed by atoms with van der Waals surface area (Å²) in [5.41, 5.74) is 2.84. The van der Waals surface area contributed by atoms with Crippen LogP contribution in [0.2, 0.25) is 0 Å². The Kier molecular flexibility index (Phi) is 3.07. The fourth-order valence-electron chi connectivity index (χ4n) is 4.65. The minimum Gasteiger partial charge on any atom is -0.394 e. The van der Waals surface area contributed by atoms with Crippen molar-refractivity contribution in [3.8, 4) is 0 Å². The molecule has 0 radical (unpaired) electrons. The molecule has 2 aliphatic carbocycles. The standard InChI is InChI=1S/C18H23NO2/c1-11-8-9-19(15(11)10-20)18(21)17-14-7-6-12-4-2-3-5-13(12)16(14)17/h2-5,11,14-17,20H,6-10H2,1H3. The summed E-state index contributed by atoms with van der Waals surface area (Å²) in [5.74, 6) is 1.88. The lowest BCUT2D eigenvalue weighted by Crippen LogP contribution is -2.41. The highest BCUT2D eigenvalue weighted by Gasteiger charge is 2.58. The van der Waals surface area contributed by atoms with E-state index in [9.17, 15) is 9.90 Å². The average Bonchev–Trinajstić information content (AvgIpc) is 3.14. The first kappa shape index (κ1) is 13.3. The van der Waals surface area contributed by atoms with Gasteiger partial charge in [0.2, 0.25) is 5.91 Å². The van der Waals surface area contributed by atoms with Crippen molar-refractivity contribution in [1.82, 2.24) is 4.90 Å². The lowest BCUT2D eigenvalue weighted by Gasteiger charge is -2.25. The van der Waals surface area contributed by atoms with Gasteiger partial charge in [0.05, 0.1) is 12.6 Å². The van der Waals surface area contributed by atoms with Crippen LogP contribution in [0.5, 0.6) is 0 Å². The number of aliphatic hydroxyl groups excluding tert-OH is 1. The van der Waals surface area contributed by atoms with Gasteiger partial charge in [-0.1, -0.05) is 31.2 Å². The summed E-state index contributed by atoms with van der Waals surface area (Å²) < 4.78 is 0. The third-order valence-corrected chi connectivity index (χ3v) is 5.97. The molecule has 0 aromatic heterocycles. The van der Waals surface area contributed by atoms with Crippen LogP contribution < -0.4 is 0 Å². The van der Waals surface area contributed by atoms with Crippen molar-refractivity contribution in [1.29, 1.82) is 0 Å². The Labute approximate surface area is 126 Å². The molecule has 0 spiro atoms. The maximum absolute atomic E-state index is 12.9. The van der Waals surface area contributed by atoms with E-state index in [2.05, 4.69) is 31.2 Å². The predicted molar refractivity (Wildman–Crippen MR) is 80.9 cm³/mol. The van der Waals surface area contributed by atoms with Crippen molar-refractivity contribution in [2.24, 2.45) is 17.8 Å². The number of aryl methyl sites for hydroxylation is 1. The van der Waals surface area contributed by atoms with E-state index >= 15 is 0 Å². The maximum Gasteiger partial charge on any atom is 0.226 e. The van der Waals surface area contributed by atoms with Crippen LogP contribution in [0.15, 0.2) is 24.3 Å². The lowest BCUT2D eigenvalue weighted by molar-refractivity contribution is -0.135. The van der Waals surface area contributed by atoms with Crippen molar-refractivity contribution in [2.75, 3.05) is 13.2 Å². The molecule has 1 saturated heterocycles. The molecule has 3 aliphatic rings. The van der Waals surface area contributed by atoms with E-state index < -0.39 is 0 Å². The molecule has 3 nitrogen and oxygen atoms in total. The third-order valence-electron chi connectivity index (χ3n) is 5.97. The summed E-state index contributed by atoms with van der Waals surface area (Å²) in [6.07, 6.45) is 3.28.